The third-order valence-electron chi connectivity index (χ3n) is 4.18. The molecule has 2 aromatic rings. The summed E-state index contributed by atoms with van der Waals surface area (Å²) in [6, 6.07) is 8.48. The summed E-state index contributed by atoms with van der Waals surface area (Å²) in [6.07, 6.45) is 0.912. The van der Waals surface area contributed by atoms with E-state index in [-0.39, 0.29) is 12.2 Å². The molecular formula is C17H23N3O3. The zero-order valence-electron chi connectivity index (χ0n) is 13.9. The number of methoxy groups -OCH3 is 1. The fourth-order valence-electron chi connectivity index (χ4n) is 2.81. The van der Waals surface area contributed by atoms with E-state index in [2.05, 4.69) is 39.3 Å². The Morgan fingerprint density at radius 2 is 2.22 bits per heavy atom. The second-order valence-electron chi connectivity index (χ2n) is 5.93. The molecule has 0 radical (unpaired) electrons. The molecule has 0 bridgehead atoms. The molecule has 1 aliphatic heterocycles. The van der Waals surface area contributed by atoms with Gasteiger partial charge in [0.1, 0.15) is 6.10 Å². The summed E-state index contributed by atoms with van der Waals surface area (Å²) in [5.41, 5.74) is 2.66. The van der Waals surface area contributed by atoms with Crippen LogP contribution in [0.1, 0.15) is 42.0 Å². The maximum Gasteiger partial charge on any atom is 0.240 e. The summed E-state index contributed by atoms with van der Waals surface area (Å²) >= 11 is 0. The largest absolute Gasteiger partial charge is 0.374 e. The lowest BCUT2D eigenvalue weighted by Gasteiger charge is -2.29. The fraction of sp³-hybridized carbons (Fsp3) is 0.529. The van der Waals surface area contributed by atoms with Crippen LogP contribution in [-0.4, -0.2) is 42.3 Å². The average molecular weight is 317 g/mol. The highest BCUT2D eigenvalue weighted by Gasteiger charge is 2.22. The van der Waals surface area contributed by atoms with Crippen LogP contribution < -0.4 is 0 Å². The quantitative estimate of drug-likeness (QED) is 0.816. The van der Waals surface area contributed by atoms with Crippen molar-refractivity contribution < 1.29 is 14.0 Å². The van der Waals surface area contributed by atoms with Gasteiger partial charge in [-0.2, -0.15) is 4.98 Å². The zero-order valence-corrected chi connectivity index (χ0v) is 13.9. The molecule has 2 atom stereocenters. The van der Waals surface area contributed by atoms with Crippen molar-refractivity contribution in [2.45, 2.75) is 32.1 Å². The molecule has 0 unspecified atom stereocenters. The van der Waals surface area contributed by atoms with Gasteiger partial charge in [0, 0.05) is 13.7 Å². The molecular weight excluding hydrogens is 294 g/mol. The van der Waals surface area contributed by atoms with Gasteiger partial charge in [-0.1, -0.05) is 29.4 Å². The van der Waals surface area contributed by atoms with Crippen LogP contribution in [0.5, 0.6) is 0 Å². The van der Waals surface area contributed by atoms with Crippen LogP contribution in [0.2, 0.25) is 0 Å². The number of benzene rings is 1. The van der Waals surface area contributed by atoms with Crippen molar-refractivity contribution in [2.24, 2.45) is 0 Å². The molecule has 1 aromatic heterocycles. The van der Waals surface area contributed by atoms with Crippen LogP contribution in [0.25, 0.3) is 0 Å². The van der Waals surface area contributed by atoms with Gasteiger partial charge in [0.15, 0.2) is 5.82 Å². The maximum absolute atomic E-state index is 5.95. The minimum atomic E-state index is -0.161. The number of likely N-dealkylation sites (N-methyl/N-ethyl adjacent to an activating group) is 1. The Hall–Kier alpha value is -1.76. The first-order chi connectivity index (χ1) is 11.2. The molecule has 0 saturated carbocycles. The lowest BCUT2D eigenvalue weighted by atomic mass is 9.97. The average Bonchev–Trinajstić information content (AvgIpc) is 3.03. The molecule has 0 saturated heterocycles. The van der Waals surface area contributed by atoms with Crippen molar-refractivity contribution >= 4 is 0 Å². The number of nitrogens with zero attached hydrogens (tertiary/aromatic N) is 3. The summed E-state index contributed by atoms with van der Waals surface area (Å²) in [5, 5.41) is 3.95. The van der Waals surface area contributed by atoms with Gasteiger partial charge in [-0.05, 0) is 31.5 Å². The Morgan fingerprint density at radius 3 is 3.04 bits per heavy atom. The van der Waals surface area contributed by atoms with Crippen molar-refractivity contribution in [3.05, 3.63) is 47.1 Å². The first kappa shape index (κ1) is 16.1. The number of hydrogen-bond donors (Lipinski definition) is 0. The molecule has 0 N–H and O–H groups in total. The molecule has 0 fully saturated rings. The molecule has 6 nitrogen and oxygen atoms in total. The second-order valence-corrected chi connectivity index (χ2v) is 5.93. The fourth-order valence-corrected chi connectivity index (χ4v) is 2.81. The second kappa shape index (κ2) is 7.21. The summed E-state index contributed by atoms with van der Waals surface area (Å²) in [5.74, 6) is 1.17. The topological polar surface area (TPSA) is 60.6 Å². The zero-order chi connectivity index (χ0) is 16.2. The van der Waals surface area contributed by atoms with E-state index in [0.717, 1.165) is 19.6 Å². The van der Waals surface area contributed by atoms with Gasteiger partial charge >= 0.3 is 0 Å². The van der Waals surface area contributed by atoms with Crippen LogP contribution in [0.3, 0.4) is 0 Å². The van der Waals surface area contributed by atoms with Crippen LogP contribution in [0.4, 0.5) is 0 Å². The molecule has 1 aromatic carbocycles. The Bertz CT molecular complexity index is 644. The lowest BCUT2D eigenvalue weighted by molar-refractivity contribution is 0.0181. The highest BCUT2D eigenvalue weighted by Crippen LogP contribution is 2.27. The predicted octanol–water partition coefficient (Wildman–Crippen LogP) is 2.52. The normalized spacial score (nSPS) is 18.9. The van der Waals surface area contributed by atoms with Gasteiger partial charge < -0.3 is 14.0 Å². The summed E-state index contributed by atoms with van der Waals surface area (Å²) in [4.78, 5) is 6.51. The molecule has 2 heterocycles. The smallest absolute Gasteiger partial charge is 0.240 e. The first-order valence-electron chi connectivity index (χ1n) is 7.90. The van der Waals surface area contributed by atoms with Crippen molar-refractivity contribution in [3.8, 4) is 0 Å². The molecule has 6 heteroatoms. The van der Waals surface area contributed by atoms with E-state index in [1.807, 2.05) is 14.0 Å². The molecule has 23 heavy (non-hydrogen) atoms. The van der Waals surface area contributed by atoms with Gasteiger partial charge in [0.2, 0.25) is 5.89 Å². The summed E-state index contributed by atoms with van der Waals surface area (Å²) in [7, 11) is 3.66. The minimum Gasteiger partial charge on any atom is -0.374 e. The van der Waals surface area contributed by atoms with E-state index in [9.17, 15) is 0 Å². The Labute approximate surface area is 136 Å². The van der Waals surface area contributed by atoms with Crippen molar-refractivity contribution in [2.75, 3.05) is 27.3 Å². The molecule has 1 aliphatic rings. The van der Waals surface area contributed by atoms with Crippen molar-refractivity contribution in [3.63, 3.8) is 0 Å². The minimum absolute atomic E-state index is 0.0882. The van der Waals surface area contributed by atoms with Gasteiger partial charge in [0.05, 0.1) is 19.3 Å². The van der Waals surface area contributed by atoms with E-state index < -0.39 is 0 Å². The maximum atomic E-state index is 5.95. The van der Waals surface area contributed by atoms with Gasteiger partial charge in [0.25, 0.3) is 0 Å². The van der Waals surface area contributed by atoms with E-state index in [1.54, 1.807) is 7.11 Å². The molecule has 0 aliphatic carbocycles. The van der Waals surface area contributed by atoms with Crippen molar-refractivity contribution in [1.82, 2.24) is 15.0 Å². The van der Waals surface area contributed by atoms with Crippen LogP contribution >= 0.6 is 0 Å². The molecule has 0 spiro atoms. The number of fused-ring (bicyclic) bond motifs is 1. The Morgan fingerprint density at radius 1 is 1.39 bits per heavy atom. The number of ether oxygens (including phenoxy) is 2. The van der Waals surface area contributed by atoms with E-state index >= 15 is 0 Å². The van der Waals surface area contributed by atoms with E-state index in [0.29, 0.717) is 18.3 Å². The van der Waals surface area contributed by atoms with Crippen LogP contribution in [-0.2, 0) is 22.4 Å². The van der Waals surface area contributed by atoms with Crippen molar-refractivity contribution in [1.29, 1.82) is 0 Å². The highest BCUT2D eigenvalue weighted by molar-refractivity contribution is 5.31. The monoisotopic (exact) mass is 317 g/mol. The van der Waals surface area contributed by atoms with Gasteiger partial charge in [-0.15, -0.1) is 0 Å². The third-order valence-corrected chi connectivity index (χ3v) is 4.18. The van der Waals surface area contributed by atoms with Gasteiger partial charge in [-0.25, -0.2) is 0 Å². The highest BCUT2D eigenvalue weighted by atomic mass is 16.5. The third kappa shape index (κ3) is 3.77. The van der Waals surface area contributed by atoms with Crippen LogP contribution in [0.15, 0.2) is 28.8 Å². The number of aromatic nitrogens is 2. The van der Waals surface area contributed by atoms with Gasteiger partial charge in [-0.3, -0.25) is 4.90 Å². The standard InChI is InChI=1S/C17H23N3O3/c1-12(21-3)17-18-16(23-19-17)11-20(2)10-15-14-7-5-4-6-13(14)8-9-22-15/h4-7,12,15H,8-11H2,1-3H3/t12-,15+/m0/s1. The lowest BCUT2D eigenvalue weighted by Crippen LogP contribution is -2.29. The molecule has 3 rings (SSSR count). The summed E-state index contributed by atoms with van der Waals surface area (Å²) < 4.78 is 16.4. The SMILES string of the molecule is CO[C@@H](C)c1noc(CN(C)C[C@H]2OCCc3ccccc32)n1. The first-order valence-corrected chi connectivity index (χ1v) is 7.90. The Kier molecular flexibility index (Phi) is 5.05. The molecule has 124 valence electrons. The predicted molar refractivity (Wildman–Crippen MR) is 84.9 cm³/mol. The molecule has 0 amide bonds. The number of hydrogen-bond acceptors (Lipinski definition) is 6. The summed E-state index contributed by atoms with van der Waals surface area (Å²) in [6.45, 7) is 4.04. The van der Waals surface area contributed by atoms with Crippen LogP contribution in [0, 0.1) is 0 Å². The number of rotatable bonds is 6. The Balaban J connectivity index is 1.62. The van der Waals surface area contributed by atoms with E-state index in [1.165, 1.54) is 11.1 Å². The van der Waals surface area contributed by atoms with E-state index in [4.69, 9.17) is 14.0 Å².